The number of ether oxygens (including phenoxy) is 1. The fourth-order valence-corrected chi connectivity index (χ4v) is 2.96. The third-order valence-electron chi connectivity index (χ3n) is 3.29. The van der Waals surface area contributed by atoms with Crippen LogP contribution in [0.25, 0.3) is 0 Å². The molecule has 0 bridgehead atoms. The summed E-state index contributed by atoms with van der Waals surface area (Å²) in [5, 5.41) is 2.66. The predicted octanol–water partition coefficient (Wildman–Crippen LogP) is 3.37. The van der Waals surface area contributed by atoms with E-state index in [1.807, 2.05) is 13.8 Å². The van der Waals surface area contributed by atoms with Gasteiger partial charge in [-0.25, -0.2) is 9.18 Å². The first-order chi connectivity index (χ1) is 10.9. The number of aryl methyl sites for hydroxylation is 2. The van der Waals surface area contributed by atoms with E-state index in [0.29, 0.717) is 5.56 Å². The standard InChI is InChI=1S/C17H18FNO3S/c1-10-8-15(12(3)23-10)17(21)22-11(2)16(20)19-9-13-4-6-14(18)7-5-13/h4-8,11H,9H2,1-3H3,(H,19,20)/t11-/m1/s1. The van der Waals surface area contributed by atoms with Crippen LogP contribution < -0.4 is 5.32 Å². The molecule has 2 aromatic rings. The van der Waals surface area contributed by atoms with Crippen molar-refractivity contribution in [2.75, 3.05) is 0 Å². The molecular weight excluding hydrogens is 317 g/mol. The Labute approximate surface area is 138 Å². The van der Waals surface area contributed by atoms with Crippen LogP contribution in [0.1, 0.15) is 32.6 Å². The first-order valence-electron chi connectivity index (χ1n) is 7.17. The Balaban J connectivity index is 1.88. The lowest BCUT2D eigenvalue weighted by atomic mass is 10.2. The second-order valence-corrected chi connectivity index (χ2v) is 6.68. The zero-order valence-corrected chi connectivity index (χ0v) is 14.0. The highest BCUT2D eigenvalue weighted by Crippen LogP contribution is 2.21. The molecule has 0 saturated heterocycles. The van der Waals surface area contributed by atoms with Crippen LogP contribution in [0.2, 0.25) is 0 Å². The molecule has 1 N–H and O–H groups in total. The molecule has 1 atom stereocenters. The maximum Gasteiger partial charge on any atom is 0.340 e. The van der Waals surface area contributed by atoms with E-state index in [9.17, 15) is 14.0 Å². The van der Waals surface area contributed by atoms with Crippen LogP contribution >= 0.6 is 11.3 Å². The number of benzene rings is 1. The van der Waals surface area contributed by atoms with Crippen molar-refractivity contribution < 1.29 is 18.7 Å². The van der Waals surface area contributed by atoms with E-state index in [4.69, 9.17) is 4.74 Å². The second kappa shape index (κ2) is 7.37. The van der Waals surface area contributed by atoms with Gasteiger partial charge in [-0.1, -0.05) is 12.1 Å². The number of hydrogen-bond acceptors (Lipinski definition) is 4. The molecule has 6 heteroatoms. The van der Waals surface area contributed by atoms with Gasteiger partial charge in [0.2, 0.25) is 0 Å². The third kappa shape index (κ3) is 4.63. The highest BCUT2D eigenvalue weighted by Gasteiger charge is 2.20. The number of carbonyl (C=O) groups is 2. The van der Waals surface area contributed by atoms with Crippen molar-refractivity contribution >= 4 is 23.2 Å². The SMILES string of the molecule is Cc1cc(C(=O)O[C@H](C)C(=O)NCc2ccc(F)cc2)c(C)s1. The molecule has 0 fully saturated rings. The predicted molar refractivity (Wildman–Crippen MR) is 86.9 cm³/mol. The lowest BCUT2D eigenvalue weighted by Gasteiger charge is -2.13. The third-order valence-corrected chi connectivity index (χ3v) is 4.26. The highest BCUT2D eigenvalue weighted by molar-refractivity contribution is 7.12. The van der Waals surface area contributed by atoms with Gasteiger partial charge < -0.3 is 10.1 Å². The lowest BCUT2D eigenvalue weighted by Crippen LogP contribution is -2.35. The van der Waals surface area contributed by atoms with Gasteiger partial charge in [-0.05, 0) is 44.5 Å². The molecule has 1 aromatic heterocycles. The summed E-state index contributed by atoms with van der Waals surface area (Å²) in [6.07, 6.45) is -0.900. The smallest absolute Gasteiger partial charge is 0.340 e. The molecule has 0 radical (unpaired) electrons. The zero-order valence-electron chi connectivity index (χ0n) is 13.2. The van der Waals surface area contributed by atoms with Crippen LogP contribution in [0, 0.1) is 19.7 Å². The molecule has 122 valence electrons. The average Bonchev–Trinajstić information content (AvgIpc) is 2.85. The minimum absolute atomic E-state index is 0.248. The van der Waals surface area contributed by atoms with Crippen LogP contribution in [0.5, 0.6) is 0 Å². The topological polar surface area (TPSA) is 55.4 Å². The van der Waals surface area contributed by atoms with Gasteiger partial charge in [-0.2, -0.15) is 0 Å². The number of amides is 1. The van der Waals surface area contributed by atoms with Gasteiger partial charge in [0.05, 0.1) is 5.56 Å². The van der Waals surface area contributed by atoms with Crippen LogP contribution in [0.3, 0.4) is 0 Å². The van der Waals surface area contributed by atoms with Gasteiger partial charge >= 0.3 is 5.97 Å². The van der Waals surface area contributed by atoms with E-state index >= 15 is 0 Å². The molecule has 2 rings (SSSR count). The van der Waals surface area contributed by atoms with Crippen LogP contribution in [-0.4, -0.2) is 18.0 Å². The number of thiophene rings is 1. The van der Waals surface area contributed by atoms with E-state index < -0.39 is 18.0 Å². The van der Waals surface area contributed by atoms with E-state index in [1.54, 1.807) is 18.2 Å². The van der Waals surface area contributed by atoms with Crippen LogP contribution in [-0.2, 0) is 16.1 Å². The summed E-state index contributed by atoms with van der Waals surface area (Å²) in [6, 6.07) is 7.58. The van der Waals surface area contributed by atoms with Gasteiger partial charge in [0.15, 0.2) is 6.10 Å². The minimum atomic E-state index is -0.900. The Bertz CT molecular complexity index is 709. The van der Waals surface area contributed by atoms with Crippen molar-refractivity contribution in [2.45, 2.75) is 33.4 Å². The number of carbonyl (C=O) groups excluding carboxylic acids is 2. The number of nitrogens with one attached hydrogen (secondary N) is 1. The maximum atomic E-state index is 12.8. The van der Waals surface area contributed by atoms with Crippen molar-refractivity contribution in [1.82, 2.24) is 5.32 Å². The van der Waals surface area contributed by atoms with Crippen LogP contribution in [0.4, 0.5) is 4.39 Å². The molecule has 0 aliphatic rings. The molecular formula is C17H18FNO3S. The fourth-order valence-electron chi connectivity index (χ4n) is 2.05. The number of hydrogen-bond donors (Lipinski definition) is 1. The van der Waals surface area contributed by atoms with E-state index in [-0.39, 0.29) is 12.4 Å². The molecule has 4 nitrogen and oxygen atoms in total. The van der Waals surface area contributed by atoms with Crippen molar-refractivity contribution in [3.8, 4) is 0 Å². The summed E-state index contributed by atoms with van der Waals surface area (Å²) in [5.41, 5.74) is 1.26. The maximum absolute atomic E-state index is 12.8. The lowest BCUT2D eigenvalue weighted by molar-refractivity contribution is -0.129. The summed E-state index contributed by atoms with van der Waals surface area (Å²) in [7, 11) is 0. The average molecular weight is 335 g/mol. The normalized spacial score (nSPS) is 11.8. The Morgan fingerprint density at radius 3 is 2.48 bits per heavy atom. The fraction of sp³-hybridized carbons (Fsp3) is 0.294. The van der Waals surface area contributed by atoms with Gasteiger partial charge in [-0.15, -0.1) is 11.3 Å². The quantitative estimate of drug-likeness (QED) is 0.853. The van der Waals surface area contributed by atoms with Crippen molar-refractivity contribution in [3.63, 3.8) is 0 Å². The van der Waals surface area contributed by atoms with Gasteiger partial charge in [-0.3, -0.25) is 4.79 Å². The second-order valence-electron chi connectivity index (χ2n) is 5.22. The molecule has 23 heavy (non-hydrogen) atoms. The summed E-state index contributed by atoms with van der Waals surface area (Å²) in [5.74, 6) is -1.23. The molecule has 0 saturated carbocycles. The highest BCUT2D eigenvalue weighted by atomic mass is 32.1. The molecule has 1 amide bonds. The van der Waals surface area contributed by atoms with E-state index in [1.165, 1.54) is 30.4 Å². The molecule has 0 aliphatic carbocycles. The van der Waals surface area contributed by atoms with Crippen molar-refractivity contribution in [2.24, 2.45) is 0 Å². The van der Waals surface area contributed by atoms with E-state index in [2.05, 4.69) is 5.32 Å². The molecule has 1 aromatic carbocycles. The van der Waals surface area contributed by atoms with Gasteiger partial charge in [0.1, 0.15) is 5.82 Å². The number of halogens is 1. The summed E-state index contributed by atoms with van der Waals surface area (Å²) >= 11 is 1.51. The molecule has 0 aliphatic heterocycles. The number of esters is 1. The first-order valence-corrected chi connectivity index (χ1v) is 7.98. The van der Waals surface area contributed by atoms with Gasteiger partial charge in [0, 0.05) is 16.3 Å². The molecule has 0 unspecified atom stereocenters. The zero-order chi connectivity index (χ0) is 17.0. The Kier molecular flexibility index (Phi) is 5.50. The Morgan fingerprint density at radius 1 is 1.26 bits per heavy atom. The summed E-state index contributed by atoms with van der Waals surface area (Å²) < 4.78 is 18.0. The van der Waals surface area contributed by atoms with Crippen LogP contribution in [0.15, 0.2) is 30.3 Å². The van der Waals surface area contributed by atoms with E-state index in [0.717, 1.165) is 15.3 Å². The summed E-state index contributed by atoms with van der Waals surface area (Å²) in [4.78, 5) is 25.9. The molecule has 0 spiro atoms. The Morgan fingerprint density at radius 2 is 1.91 bits per heavy atom. The minimum Gasteiger partial charge on any atom is -0.449 e. The monoisotopic (exact) mass is 335 g/mol. The van der Waals surface area contributed by atoms with Crippen molar-refractivity contribution in [1.29, 1.82) is 0 Å². The number of rotatable bonds is 5. The van der Waals surface area contributed by atoms with Gasteiger partial charge in [0.25, 0.3) is 5.91 Å². The first kappa shape index (κ1) is 17.1. The van der Waals surface area contributed by atoms with Crippen molar-refractivity contribution in [3.05, 3.63) is 57.0 Å². The Hall–Kier alpha value is -2.21. The molecule has 1 heterocycles. The summed E-state index contributed by atoms with van der Waals surface area (Å²) in [6.45, 7) is 5.52. The largest absolute Gasteiger partial charge is 0.449 e.